The van der Waals surface area contributed by atoms with Gasteiger partial charge in [-0.1, -0.05) is 27.7 Å². The average Bonchev–Trinajstić information content (AvgIpc) is 2.34. The Morgan fingerprint density at radius 1 is 1.28 bits per heavy atom. The fourth-order valence-electron chi connectivity index (χ4n) is 1.49. The van der Waals surface area contributed by atoms with Gasteiger partial charge in [-0.15, -0.1) is 0 Å². The summed E-state index contributed by atoms with van der Waals surface area (Å²) in [4.78, 5) is 5.33. The van der Waals surface area contributed by atoms with E-state index < -0.39 is 6.10 Å². The van der Waals surface area contributed by atoms with Gasteiger partial charge in [0.25, 0.3) is 0 Å². The summed E-state index contributed by atoms with van der Waals surface area (Å²) in [5, 5.41) is 10.7. The van der Waals surface area contributed by atoms with Crippen molar-refractivity contribution >= 4 is 43.6 Å². The molecule has 0 saturated heterocycles. The molecular weight excluding hydrogens is 378 g/mol. The van der Waals surface area contributed by atoms with Crippen LogP contribution in [-0.4, -0.2) is 10.1 Å². The summed E-state index contributed by atoms with van der Waals surface area (Å²) < 4.78 is 1.91. The Morgan fingerprint density at radius 3 is 2.72 bits per heavy atom. The SMILES string of the molecule is CC(O)c1cc(Br)ccc1Sc1ncccc1Br. The van der Waals surface area contributed by atoms with Gasteiger partial charge in [-0.05, 0) is 58.7 Å². The maximum absolute atomic E-state index is 9.81. The maximum Gasteiger partial charge on any atom is 0.115 e. The number of nitrogens with zero attached hydrogens (tertiary/aromatic N) is 1. The molecule has 2 rings (SSSR count). The molecule has 0 saturated carbocycles. The van der Waals surface area contributed by atoms with E-state index in [1.807, 2.05) is 30.3 Å². The monoisotopic (exact) mass is 387 g/mol. The van der Waals surface area contributed by atoms with E-state index >= 15 is 0 Å². The highest BCUT2D eigenvalue weighted by Crippen LogP contribution is 2.36. The molecule has 18 heavy (non-hydrogen) atoms. The third kappa shape index (κ3) is 3.35. The zero-order valence-corrected chi connectivity index (χ0v) is 13.6. The Hall–Kier alpha value is -0.360. The van der Waals surface area contributed by atoms with Crippen molar-refractivity contribution in [1.82, 2.24) is 4.98 Å². The second kappa shape index (κ2) is 6.19. The summed E-state index contributed by atoms with van der Waals surface area (Å²) in [6, 6.07) is 9.72. The molecule has 1 heterocycles. The Morgan fingerprint density at radius 2 is 2.06 bits per heavy atom. The quantitative estimate of drug-likeness (QED) is 0.818. The molecule has 1 aromatic heterocycles. The van der Waals surface area contributed by atoms with Crippen LogP contribution >= 0.6 is 43.6 Å². The number of hydrogen-bond donors (Lipinski definition) is 1. The third-order valence-electron chi connectivity index (χ3n) is 2.35. The maximum atomic E-state index is 9.81. The molecule has 2 aromatic rings. The van der Waals surface area contributed by atoms with Gasteiger partial charge >= 0.3 is 0 Å². The molecule has 0 aliphatic rings. The molecule has 0 spiro atoms. The molecule has 94 valence electrons. The van der Waals surface area contributed by atoms with Crippen molar-refractivity contribution in [3.8, 4) is 0 Å². The number of pyridine rings is 1. The highest BCUT2D eigenvalue weighted by molar-refractivity contribution is 9.10. The molecule has 0 fully saturated rings. The molecule has 1 aromatic carbocycles. The van der Waals surface area contributed by atoms with Crippen LogP contribution in [0.15, 0.2) is 55.4 Å². The summed E-state index contributed by atoms with van der Waals surface area (Å²) in [7, 11) is 0. The lowest BCUT2D eigenvalue weighted by Gasteiger charge is -2.12. The standard InChI is InChI=1S/C13H11Br2NOS/c1-8(17)10-7-9(14)4-5-12(10)18-13-11(15)3-2-6-16-13/h2-8,17H,1H3. The molecular formula is C13H11Br2NOS. The van der Waals surface area contributed by atoms with Gasteiger partial charge in [0.2, 0.25) is 0 Å². The summed E-state index contributed by atoms with van der Waals surface area (Å²) in [6.45, 7) is 1.76. The number of halogens is 2. The topological polar surface area (TPSA) is 33.1 Å². The van der Waals surface area contributed by atoms with E-state index in [0.717, 1.165) is 24.4 Å². The molecule has 1 unspecified atom stereocenters. The van der Waals surface area contributed by atoms with Crippen LogP contribution in [0.1, 0.15) is 18.6 Å². The van der Waals surface area contributed by atoms with Crippen molar-refractivity contribution in [2.45, 2.75) is 22.9 Å². The van der Waals surface area contributed by atoms with Crippen molar-refractivity contribution in [3.63, 3.8) is 0 Å². The third-order valence-corrected chi connectivity index (χ3v) is 4.86. The summed E-state index contributed by atoms with van der Waals surface area (Å²) in [5.74, 6) is 0. The highest BCUT2D eigenvalue weighted by Gasteiger charge is 2.12. The van der Waals surface area contributed by atoms with Gasteiger partial charge in [0.1, 0.15) is 5.03 Å². The second-order valence-corrected chi connectivity index (χ2v) is 6.55. The van der Waals surface area contributed by atoms with Crippen LogP contribution in [0.2, 0.25) is 0 Å². The van der Waals surface area contributed by atoms with Crippen LogP contribution in [0.25, 0.3) is 0 Å². The van der Waals surface area contributed by atoms with E-state index in [1.54, 1.807) is 13.1 Å². The molecule has 0 radical (unpaired) electrons. The minimum atomic E-state index is -0.507. The molecule has 0 aliphatic heterocycles. The van der Waals surface area contributed by atoms with Crippen LogP contribution in [0.3, 0.4) is 0 Å². The van der Waals surface area contributed by atoms with Crippen molar-refractivity contribution in [2.75, 3.05) is 0 Å². The normalized spacial score (nSPS) is 12.4. The van der Waals surface area contributed by atoms with Gasteiger partial charge in [0.15, 0.2) is 0 Å². The van der Waals surface area contributed by atoms with Crippen LogP contribution < -0.4 is 0 Å². The van der Waals surface area contributed by atoms with Gasteiger partial charge in [0, 0.05) is 15.6 Å². The first-order valence-electron chi connectivity index (χ1n) is 5.34. The van der Waals surface area contributed by atoms with Crippen LogP contribution in [0.5, 0.6) is 0 Å². The molecule has 1 N–H and O–H groups in total. The van der Waals surface area contributed by atoms with E-state index in [2.05, 4.69) is 36.8 Å². The van der Waals surface area contributed by atoms with Crippen LogP contribution in [-0.2, 0) is 0 Å². The Kier molecular flexibility index (Phi) is 4.84. The number of rotatable bonds is 3. The lowest BCUT2D eigenvalue weighted by molar-refractivity contribution is 0.196. The number of aromatic nitrogens is 1. The highest BCUT2D eigenvalue weighted by atomic mass is 79.9. The second-order valence-electron chi connectivity index (χ2n) is 3.75. The molecule has 2 nitrogen and oxygen atoms in total. The van der Waals surface area contributed by atoms with Gasteiger partial charge in [0.05, 0.1) is 10.6 Å². The Bertz CT molecular complexity index is 560. The van der Waals surface area contributed by atoms with E-state index in [1.165, 1.54) is 11.8 Å². The van der Waals surface area contributed by atoms with Gasteiger partial charge in [-0.3, -0.25) is 0 Å². The van der Waals surface area contributed by atoms with Crippen LogP contribution in [0.4, 0.5) is 0 Å². The fraction of sp³-hybridized carbons (Fsp3) is 0.154. The molecule has 1 atom stereocenters. The Balaban J connectivity index is 2.37. The van der Waals surface area contributed by atoms with Crippen LogP contribution in [0, 0.1) is 0 Å². The lowest BCUT2D eigenvalue weighted by atomic mass is 10.1. The van der Waals surface area contributed by atoms with E-state index in [0.29, 0.717) is 0 Å². The van der Waals surface area contributed by atoms with Gasteiger partial charge in [-0.25, -0.2) is 4.98 Å². The van der Waals surface area contributed by atoms with Crippen molar-refractivity contribution in [3.05, 3.63) is 51.0 Å². The zero-order valence-electron chi connectivity index (χ0n) is 9.60. The smallest absolute Gasteiger partial charge is 0.115 e. The Labute approximate surface area is 127 Å². The van der Waals surface area contributed by atoms with Crippen molar-refractivity contribution in [2.24, 2.45) is 0 Å². The van der Waals surface area contributed by atoms with Crippen molar-refractivity contribution in [1.29, 1.82) is 0 Å². The van der Waals surface area contributed by atoms with E-state index in [4.69, 9.17) is 0 Å². The summed E-state index contributed by atoms with van der Waals surface area (Å²) in [5.41, 5.74) is 0.895. The fourth-order valence-corrected chi connectivity index (χ4v) is 3.34. The minimum absolute atomic E-state index is 0.507. The number of aliphatic hydroxyl groups is 1. The first-order valence-corrected chi connectivity index (χ1v) is 7.74. The predicted octanol–water partition coefficient (Wildman–Crippen LogP) is 4.81. The number of aliphatic hydroxyl groups excluding tert-OH is 1. The molecule has 0 amide bonds. The first-order chi connectivity index (χ1) is 8.58. The van der Waals surface area contributed by atoms with E-state index in [-0.39, 0.29) is 0 Å². The number of benzene rings is 1. The van der Waals surface area contributed by atoms with Gasteiger partial charge in [-0.2, -0.15) is 0 Å². The van der Waals surface area contributed by atoms with Crippen molar-refractivity contribution < 1.29 is 5.11 Å². The molecule has 0 aliphatic carbocycles. The van der Waals surface area contributed by atoms with E-state index in [9.17, 15) is 5.11 Å². The average molecular weight is 389 g/mol. The summed E-state index contributed by atoms with van der Waals surface area (Å²) in [6.07, 6.45) is 1.25. The lowest BCUT2D eigenvalue weighted by Crippen LogP contribution is -1.94. The number of hydrogen-bond acceptors (Lipinski definition) is 3. The molecule has 0 bridgehead atoms. The molecule has 5 heteroatoms. The summed E-state index contributed by atoms with van der Waals surface area (Å²) >= 11 is 8.43. The minimum Gasteiger partial charge on any atom is -0.389 e. The first kappa shape index (κ1) is 14.1. The zero-order chi connectivity index (χ0) is 13.1. The largest absolute Gasteiger partial charge is 0.389 e. The predicted molar refractivity (Wildman–Crippen MR) is 80.8 cm³/mol. The van der Waals surface area contributed by atoms with Gasteiger partial charge < -0.3 is 5.11 Å².